The Kier molecular flexibility index (Phi) is 9.85. The first-order valence-electron chi connectivity index (χ1n) is 9.21. The highest BCUT2D eigenvalue weighted by Crippen LogP contribution is 2.21. The summed E-state index contributed by atoms with van der Waals surface area (Å²) in [6.07, 6.45) is 14.0. The fourth-order valence-electron chi connectivity index (χ4n) is 2.94. The summed E-state index contributed by atoms with van der Waals surface area (Å²) in [5, 5.41) is 0. The minimum absolute atomic E-state index is 0.00653. The summed E-state index contributed by atoms with van der Waals surface area (Å²) in [5.74, 6) is -0.238. The fraction of sp³-hybridized carbons (Fsp3) is 0.789. The van der Waals surface area contributed by atoms with Crippen molar-refractivity contribution in [2.75, 3.05) is 27.2 Å². The highest BCUT2D eigenvalue weighted by molar-refractivity contribution is 6.04. The number of unbranched alkanes of at least 4 members (excludes halogenated alkanes) is 6. The predicted molar refractivity (Wildman–Crippen MR) is 95.1 cm³/mol. The van der Waals surface area contributed by atoms with E-state index in [1.54, 1.807) is 0 Å². The summed E-state index contributed by atoms with van der Waals surface area (Å²) in [5.41, 5.74) is 0. The van der Waals surface area contributed by atoms with Gasteiger partial charge in [-0.1, -0.05) is 51.2 Å². The van der Waals surface area contributed by atoms with E-state index in [1.807, 2.05) is 20.2 Å². The van der Waals surface area contributed by atoms with Gasteiger partial charge in [0.05, 0.1) is 5.92 Å². The Hall–Kier alpha value is -1.16. The molecule has 0 aromatic heterocycles. The zero-order chi connectivity index (χ0) is 17.1. The Bertz CT molecular complexity index is 391. The molecule has 0 N–H and O–H groups in total. The molecule has 1 aliphatic heterocycles. The third-order valence-corrected chi connectivity index (χ3v) is 4.36. The van der Waals surface area contributed by atoms with Crippen LogP contribution in [0.2, 0.25) is 0 Å². The maximum atomic E-state index is 12.3. The number of imide groups is 1. The number of nitrogens with zero attached hydrogens (tertiary/aromatic N) is 2. The lowest BCUT2D eigenvalue weighted by Gasteiger charge is -2.16. The van der Waals surface area contributed by atoms with Gasteiger partial charge in [0.1, 0.15) is 0 Å². The highest BCUT2D eigenvalue weighted by Gasteiger charge is 2.36. The topological polar surface area (TPSA) is 40.6 Å². The number of rotatable bonds is 12. The molecule has 0 spiro atoms. The molecule has 1 atom stereocenters. The molecule has 0 aliphatic carbocycles. The van der Waals surface area contributed by atoms with Crippen LogP contribution < -0.4 is 0 Å². The third-order valence-electron chi connectivity index (χ3n) is 4.36. The van der Waals surface area contributed by atoms with Crippen molar-refractivity contribution in [2.45, 2.75) is 64.7 Å². The largest absolute Gasteiger partial charge is 0.309 e. The van der Waals surface area contributed by atoms with Crippen molar-refractivity contribution in [3.8, 4) is 0 Å². The number of likely N-dealkylation sites (tertiary alicyclic amines) is 1. The Morgan fingerprint density at radius 1 is 1.09 bits per heavy atom. The second-order valence-corrected chi connectivity index (χ2v) is 6.84. The van der Waals surface area contributed by atoms with Crippen molar-refractivity contribution < 1.29 is 9.59 Å². The number of allylic oxidation sites excluding steroid dienone is 1. The second-order valence-electron chi connectivity index (χ2n) is 6.84. The number of hydrogen-bond acceptors (Lipinski definition) is 3. The molecular formula is C19H34N2O2. The molecule has 4 heteroatoms. The molecule has 23 heavy (non-hydrogen) atoms. The Balaban J connectivity index is 2.23. The minimum Gasteiger partial charge on any atom is -0.309 e. The van der Waals surface area contributed by atoms with Crippen LogP contribution in [0.25, 0.3) is 0 Å². The summed E-state index contributed by atoms with van der Waals surface area (Å²) >= 11 is 0. The summed E-state index contributed by atoms with van der Waals surface area (Å²) in [4.78, 5) is 27.8. The Labute approximate surface area is 141 Å². The van der Waals surface area contributed by atoms with Gasteiger partial charge in [0.2, 0.25) is 11.8 Å². The summed E-state index contributed by atoms with van der Waals surface area (Å²) in [6, 6.07) is 0. The quantitative estimate of drug-likeness (QED) is 0.313. The van der Waals surface area contributed by atoms with Crippen molar-refractivity contribution in [3.63, 3.8) is 0 Å². The van der Waals surface area contributed by atoms with E-state index < -0.39 is 0 Å². The van der Waals surface area contributed by atoms with Gasteiger partial charge in [-0.2, -0.15) is 0 Å². The van der Waals surface area contributed by atoms with E-state index >= 15 is 0 Å². The number of carbonyl (C=O) groups is 2. The zero-order valence-corrected chi connectivity index (χ0v) is 15.2. The molecular weight excluding hydrogens is 288 g/mol. The summed E-state index contributed by atoms with van der Waals surface area (Å²) < 4.78 is 0. The summed E-state index contributed by atoms with van der Waals surface area (Å²) in [6.45, 7) is 3.68. The molecule has 1 saturated heterocycles. The molecule has 2 amide bonds. The van der Waals surface area contributed by atoms with Gasteiger partial charge in [0, 0.05) is 13.0 Å². The van der Waals surface area contributed by atoms with Crippen molar-refractivity contribution in [3.05, 3.63) is 12.2 Å². The van der Waals surface area contributed by atoms with Crippen LogP contribution in [0, 0.1) is 5.92 Å². The molecule has 0 aromatic rings. The normalized spacial score (nSPS) is 18.8. The van der Waals surface area contributed by atoms with Crippen LogP contribution in [-0.4, -0.2) is 48.8 Å². The standard InChI is InChI=1S/C19H34N2O2/c1-4-5-6-7-8-9-10-11-13-17-16-18(22)21(19(17)23)15-12-14-20(2)3/h11,13,17H,4-10,12,14-16H2,1-3H3/b13-11+. The second kappa shape index (κ2) is 11.4. The lowest BCUT2D eigenvalue weighted by Crippen LogP contribution is -2.32. The molecule has 4 nitrogen and oxygen atoms in total. The maximum absolute atomic E-state index is 12.3. The molecule has 1 heterocycles. The van der Waals surface area contributed by atoms with Gasteiger partial charge in [0.25, 0.3) is 0 Å². The van der Waals surface area contributed by atoms with E-state index in [-0.39, 0.29) is 17.7 Å². The zero-order valence-electron chi connectivity index (χ0n) is 15.2. The smallest absolute Gasteiger partial charge is 0.236 e. The van der Waals surface area contributed by atoms with E-state index in [4.69, 9.17) is 0 Å². The van der Waals surface area contributed by atoms with E-state index in [0.29, 0.717) is 13.0 Å². The summed E-state index contributed by atoms with van der Waals surface area (Å²) in [7, 11) is 4.00. The van der Waals surface area contributed by atoms with Gasteiger partial charge < -0.3 is 4.90 Å². The molecule has 132 valence electrons. The first kappa shape index (κ1) is 19.9. The highest BCUT2D eigenvalue weighted by atomic mass is 16.2. The van der Waals surface area contributed by atoms with Gasteiger partial charge in [-0.3, -0.25) is 14.5 Å². The van der Waals surface area contributed by atoms with E-state index in [1.165, 1.54) is 43.4 Å². The predicted octanol–water partition coefficient (Wildman–Crippen LogP) is 3.62. The lowest BCUT2D eigenvalue weighted by atomic mass is 10.1. The van der Waals surface area contributed by atoms with Crippen LogP contribution in [0.1, 0.15) is 64.7 Å². The van der Waals surface area contributed by atoms with E-state index in [0.717, 1.165) is 19.4 Å². The Morgan fingerprint density at radius 3 is 2.48 bits per heavy atom. The van der Waals surface area contributed by atoms with E-state index in [2.05, 4.69) is 17.9 Å². The molecule has 0 saturated carbocycles. The van der Waals surface area contributed by atoms with Crippen molar-refractivity contribution >= 4 is 11.8 Å². The van der Waals surface area contributed by atoms with Crippen LogP contribution in [-0.2, 0) is 9.59 Å². The monoisotopic (exact) mass is 322 g/mol. The first-order valence-corrected chi connectivity index (χ1v) is 9.21. The lowest BCUT2D eigenvalue weighted by molar-refractivity contribution is -0.139. The molecule has 0 radical (unpaired) electrons. The van der Waals surface area contributed by atoms with Crippen LogP contribution in [0.4, 0.5) is 0 Å². The minimum atomic E-state index is -0.220. The SMILES string of the molecule is CCCCCCCC/C=C/C1CC(=O)N(CCCN(C)C)C1=O. The van der Waals surface area contributed by atoms with E-state index in [9.17, 15) is 9.59 Å². The van der Waals surface area contributed by atoms with Gasteiger partial charge in [-0.15, -0.1) is 0 Å². The first-order chi connectivity index (χ1) is 11.1. The fourth-order valence-corrected chi connectivity index (χ4v) is 2.94. The van der Waals surface area contributed by atoms with Gasteiger partial charge in [0.15, 0.2) is 0 Å². The van der Waals surface area contributed by atoms with Crippen LogP contribution >= 0.6 is 0 Å². The van der Waals surface area contributed by atoms with Crippen LogP contribution in [0.15, 0.2) is 12.2 Å². The molecule has 1 fully saturated rings. The molecule has 0 aromatic carbocycles. The number of amides is 2. The third kappa shape index (κ3) is 7.78. The number of hydrogen-bond donors (Lipinski definition) is 0. The molecule has 0 bridgehead atoms. The van der Waals surface area contributed by atoms with Crippen LogP contribution in [0.3, 0.4) is 0 Å². The maximum Gasteiger partial charge on any atom is 0.236 e. The van der Waals surface area contributed by atoms with Crippen molar-refractivity contribution in [2.24, 2.45) is 5.92 Å². The van der Waals surface area contributed by atoms with Gasteiger partial charge in [-0.05, 0) is 39.9 Å². The average molecular weight is 322 g/mol. The van der Waals surface area contributed by atoms with Crippen molar-refractivity contribution in [1.82, 2.24) is 9.80 Å². The van der Waals surface area contributed by atoms with Gasteiger partial charge in [-0.25, -0.2) is 0 Å². The Morgan fingerprint density at radius 2 is 1.78 bits per heavy atom. The number of carbonyl (C=O) groups excluding carboxylic acids is 2. The van der Waals surface area contributed by atoms with Crippen LogP contribution in [0.5, 0.6) is 0 Å². The molecule has 1 rings (SSSR count). The molecule has 1 aliphatic rings. The van der Waals surface area contributed by atoms with Gasteiger partial charge >= 0.3 is 0 Å². The average Bonchev–Trinajstić information content (AvgIpc) is 2.77. The van der Waals surface area contributed by atoms with Crippen molar-refractivity contribution in [1.29, 1.82) is 0 Å². The molecule has 1 unspecified atom stereocenters.